The second-order valence-electron chi connectivity index (χ2n) is 5.20. The molecule has 2 unspecified atom stereocenters. The fraction of sp³-hybridized carbons (Fsp3) is 0.500. The van der Waals surface area contributed by atoms with Gasteiger partial charge in [-0.25, -0.2) is 0 Å². The quantitative estimate of drug-likeness (QED) is 0.481. The summed E-state index contributed by atoms with van der Waals surface area (Å²) in [6, 6.07) is 4.59. The van der Waals surface area contributed by atoms with Crippen LogP contribution in [0.4, 0.5) is 5.69 Å². The molecule has 2 atom stereocenters. The summed E-state index contributed by atoms with van der Waals surface area (Å²) in [6.45, 7) is 2.65. The van der Waals surface area contributed by atoms with Gasteiger partial charge in [0.15, 0.2) is 0 Å². The van der Waals surface area contributed by atoms with Crippen LogP contribution in [-0.4, -0.2) is 24.1 Å². The Morgan fingerprint density at radius 3 is 3.10 bits per heavy atom. The molecule has 2 aliphatic rings. The molecule has 1 aromatic carbocycles. The van der Waals surface area contributed by atoms with Gasteiger partial charge in [0.25, 0.3) is 5.69 Å². The van der Waals surface area contributed by atoms with E-state index in [2.05, 4.69) is 0 Å². The second-order valence-corrected chi connectivity index (χ2v) is 5.20. The molecular formula is C14H15NO5. The topological polar surface area (TPSA) is 78.7 Å². The molecule has 1 spiro atoms. The van der Waals surface area contributed by atoms with Gasteiger partial charge in [-0.3, -0.25) is 14.9 Å². The van der Waals surface area contributed by atoms with Crippen LogP contribution in [-0.2, 0) is 14.9 Å². The highest BCUT2D eigenvalue weighted by Crippen LogP contribution is 2.61. The van der Waals surface area contributed by atoms with Gasteiger partial charge in [0.05, 0.1) is 24.1 Å². The third kappa shape index (κ3) is 1.83. The molecule has 0 aromatic heterocycles. The van der Waals surface area contributed by atoms with E-state index in [1.54, 1.807) is 13.0 Å². The minimum absolute atomic E-state index is 0.0307. The van der Waals surface area contributed by atoms with E-state index in [1.807, 2.05) is 0 Å². The summed E-state index contributed by atoms with van der Waals surface area (Å²) in [5, 5.41) is 10.9. The Balaban J connectivity index is 1.96. The highest BCUT2D eigenvalue weighted by molar-refractivity contribution is 5.80. The summed E-state index contributed by atoms with van der Waals surface area (Å²) < 4.78 is 10.6. The summed E-state index contributed by atoms with van der Waals surface area (Å²) >= 11 is 0. The van der Waals surface area contributed by atoms with Crippen molar-refractivity contribution in [1.82, 2.24) is 0 Å². The summed E-state index contributed by atoms with van der Waals surface area (Å²) in [7, 11) is 0. The second kappa shape index (κ2) is 4.47. The van der Waals surface area contributed by atoms with Crippen LogP contribution in [0.5, 0.6) is 5.75 Å². The normalized spacial score (nSPS) is 26.6. The van der Waals surface area contributed by atoms with Crippen molar-refractivity contribution in [2.75, 3.05) is 13.2 Å². The molecule has 1 aliphatic carbocycles. The van der Waals surface area contributed by atoms with E-state index in [-0.39, 0.29) is 23.0 Å². The number of carbonyl (C=O) groups is 1. The molecular weight excluding hydrogens is 262 g/mol. The lowest BCUT2D eigenvalue weighted by Gasteiger charge is -2.26. The number of esters is 1. The first-order valence-corrected chi connectivity index (χ1v) is 6.67. The zero-order valence-electron chi connectivity index (χ0n) is 11.1. The van der Waals surface area contributed by atoms with Crippen LogP contribution in [0.15, 0.2) is 18.2 Å². The molecule has 6 nitrogen and oxygen atoms in total. The van der Waals surface area contributed by atoms with Gasteiger partial charge in [0.1, 0.15) is 5.75 Å². The molecule has 0 N–H and O–H groups in total. The van der Waals surface area contributed by atoms with Crippen molar-refractivity contribution in [2.24, 2.45) is 5.92 Å². The molecule has 1 saturated carbocycles. The SMILES string of the molecule is CCOC(=O)C1CC12CCOc1ccc([N+](=O)[O-])cc12. The molecule has 0 bridgehead atoms. The van der Waals surface area contributed by atoms with Crippen LogP contribution in [0.25, 0.3) is 0 Å². The lowest BCUT2D eigenvalue weighted by Crippen LogP contribution is -2.25. The largest absolute Gasteiger partial charge is 0.493 e. The zero-order valence-corrected chi connectivity index (χ0v) is 11.1. The van der Waals surface area contributed by atoms with Gasteiger partial charge < -0.3 is 9.47 Å². The fourth-order valence-electron chi connectivity index (χ4n) is 3.06. The van der Waals surface area contributed by atoms with Crippen molar-refractivity contribution in [2.45, 2.75) is 25.2 Å². The van der Waals surface area contributed by atoms with Crippen LogP contribution in [0, 0.1) is 16.0 Å². The predicted molar refractivity (Wildman–Crippen MR) is 69.6 cm³/mol. The average molecular weight is 277 g/mol. The molecule has 0 radical (unpaired) electrons. The Bertz CT molecular complexity index is 585. The van der Waals surface area contributed by atoms with Crippen LogP contribution < -0.4 is 4.74 Å². The number of ether oxygens (including phenoxy) is 2. The maximum absolute atomic E-state index is 11.9. The lowest BCUT2D eigenvalue weighted by atomic mass is 9.87. The summed E-state index contributed by atoms with van der Waals surface area (Å²) in [4.78, 5) is 22.4. The number of carbonyl (C=O) groups excluding carboxylic acids is 1. The summed E-state index contributed by atoms with van der Waals surface area (Å²) in [6.07, 6.45) is 1.38. The number of hydrogen-bond donors (Lipinski definition) is 0. The first-order valence-electron chi connectivity index (χ1n) is 6.67. The minimum Gasteiger partial charge on any atom is -0.493 e. The molecule has 3 rings (SSSR count). The summed E-state index contributed by atoms with van der Waals surface area (Å²) in [5.41, 5.74) is 0.477. The first-order chi connectivity index (χ1) is 9.58. The molecule has 1 heterocycles. The number of nitro benzene ring substituents is 1. The number of rotatable bonds is 3. The van der Waals surface area contributed by atoms with Gasteiger partial charge in [-0.2, -0.15) is 0 Å². The first kappa shape index (κ1) is 12.9. The van der Waals surface area contributed by atoms with E-state index in [1.165, 1.54) is 12.1 Å². The van der Waals surface area contributed by atoms with Crippen LogP contribution in [0.1, 0.15) is 25.3 Å². The number of fused-ring (bicyclic) bond motifs is 2. The van der Waals surface area contributed by atoms with Gasteiger partial charge in [0.2, 0.25) is 0 Å². The maximum atomic E-state index is 11.9. The molecule has 106 valence electrons. The van der Waals surface area contributed by atoms with Crippen LogP contribution in [0.3, 0.4) is 0 Å². The van der Waals surface area contributed by atoms with Crippen molar-refractivity contribution in [3.05, 3.63) is 33.9 Å². The number of benzene rings is 1. The Morgan fingerprint density at radius 1 is 1.60 bits per heavy atom. The number of hydrogen-bond acceptors (Lipinski definition) is 5. The smallest absolute Gasteiger partial charge is 0.309 e. The standard InChI is InChI=1S/C14H15NO5/c1-2-19-13(16)11-8-14(11)5-6-20-12-4-3-9(15(17)18)7-10(12)14/h3-4,7,11H,2,5-6,8H2,1H3. The van der Waals surface area contributed by atoms with Crippen molar-refractivity contribution in [1.29, 1.82) is 0 Å². The van der Waals surface area contributed by atoms with Crippen molar-refractivity contribution in [3.8, 4) is 5.75 Å². The third-order valence-electron chi connectivity index (χ3n) is 4.16. The monoisotopic (exact) mass is 277 g/mol. The van der Waals surface area contributed by atoms with Crippen molar-refractivity contribution in [3.63, 3.8) is 0 Å². The van der Waals surface area contributed by atoms with Crippen molar-refractivity contribution < 1.29 is 19.2 Å². The lowest BCUT2D eigenvalue weighted by molar-refractivity contribution is -0.385. The molecule has 1 aliphatic heterocycles. The molecule has 1 fully saturated rings. The molecule has 20 heavy (non-hydrogen) atoms. The van der Waals surface area contributed by atoms with E-state index in [9.17, 15) is 14.9 Å². The minimum atomic E-state index is -0.426. The van der Waals surface area contributed by atoms with Gasteiger partial charge in [0, 0.05) is 23.1 Å². The van der Waals surface area contributed by atoms with E-state index < -0.39 is 4.92 Å². The summed E-state index contributed by atoms with van der Waals surface area (Å²) in [5.74, 6) is 0.229. The molecule has 1 aromatic rings. The number of nitrogens with zero attached hydrogens (tertiary/aromatic N) is 1. The molecule has 6 heteroatoms. The van der Waals surface area contributed by atoms with Gasteiger partial charge in [-0.15, -0.1) is 0 Å². The number of nitro groups is 1. The zero-order chi connectivity index (χ0) is 14.3. The van der Waals surface area contributed by atoms with Crippen LogP contribution in [0.2, 0.25) is 0 Å². The number of non-ortho nitro benzene ring substituents is 1. The maximum Gasteiger partial charge on any atom is 0.309 e. The Labute approximate surface area is 115 Å². The van der Waals surface area contributed by atoms with E-state index in [4.69, 9.17) is 9.47 Å². The van der Waals surface area contributed by atoms with Gasteiger partial charge in [-0.1, -0.05) is 0 Å². The Hall–Kier alpha value is -2.11. The Morgan fingerprint density at radius 2 is 2.40 bits per heavy atom. The average Bonchev–Trinajstić information content (AvgIpc) is 3.14. The molecule has 0 amide bonds. The van der Waals surface area contributed by atoms with E-state index in [0.717, 1.165) is 5.56 Å². The Kier molecular flexibility index (Phi) is 2.88. The van der Waals surface area contributed by atoms with Gasteiger partial charge in [-0.05, 0) is 25.8 Å². The highest BCUT2D eigenvalue weighted by atomic mass is 16.6. The van der Waals surface area contributed by atoms with Crippen LogP contribution >= 0.6 is 0 Å². The highest BCUT2D eigenvalue weighted by Gasteiger charge is 2.62. The van der Waals surface area contributed by atoms with Gasteiger partial charge >= 0.3 is 5.97 Å². The van der Waals surface area contributed by atoms with Crippen molar-refractivity contribution >= 4 is 11.7 Å². The van der Waals surface area contributed by atoms with E-state index in [0.29, 0.717) is 31.8 Å². The molecule has 0 saturated heterocycles. The fourth-order valence-corrected chi connectivity index (χ4v) is 3.06. The predicted octanol–water partition coefficient (Wildman–Crippen LogP) is 2.20. The third-order valence-corrected chi connectivity index (χ3v) is 4.16. The van der Waals surface area contributed by atoms with E-state index >= 15 is 0 Å².